The molecule has 1 saturated heterocycles. The zero-order chi connectivity index (χ0) is 20.2. The Bertz CT molecular complexity index is 997. The topological polar surface area (TPSA) is 83.9 Å². The van der Waals surface area contributed by atoms with Crippen molar-refractivity contribution in [3.63, 3.8) is 0 Å². The fourth-order valence-electron chi connectivity index (χ4n) is 3.04. The summed E-state index contributed by atoms with van der Waals surface area (Å²) in [5, 5.41) is 15.8. The van der Waals surface area contributed by atoms with Crippen molar-refractivity contribution < 1.29 is 19.4 Å². The number of phenolic OH excluding ortho intramolecular Hbond substituents is 1. The summed E-state index contributed by atoms with van der Waals surface area (Å²) in [5.74, 6) is -0.00153. The number of benzene rings is 2. The van der Waals surface area contributed by atoms with Gasteiger partial charge in [0.1, 0.15) is 11.5 Å². The van der Waals surface area contributed by atoms with Crippen molar-refractivity contribution >= 4 is 28.1 Å². The number of carbonyl (C=O) groups is 1. The van der Waals surface area contributed by atoms with Gasteiger partial charge in [0.05, 0.1) is 31.6 Å². The van der Waals surface area contributed by atoms with E-state index in [0.29, 0.717) is 11.4 Å². The number of amides is 1. The molecular weight excluding hydrogens is 390 g/mol. The van der Waals surface area contributed by atoms with Gasteiger partial charge in [-0.15, -0.1) is 11.3 Å². The van der Waals surface area contributed by atoms with Crippen molar-refractivity contribution in [2.24, 2.45) is 0 Å². The van der Waals surface area contributed by atoms with Crippen LogP contribution in [0.5, 0.6) is 11.5 Å². The Morgan fingerprint density at radius 2 is 1.97 bits per heavy atom. The van der Waals surface area contributed by atoms with E-state index in [4.69, 9.17) is 14.5 Å². The number of anilines is 2. The number of methoxy groups -OCH3 is 1. The maximum atomic E-state index is 12.5. The molecule has 29 heavy (non-hydrogen) atoms. The summed E-state index contributed by atoms with van der Waals surface area (Å²) < 4.78 is 10.5. The minimum absolute atomic E-state index is 0.0990. The number of hydrogen-bond acceptors (Lipinski definition) is 7. The number of ether oxygens (including phenoxy) is 2. The first-order chi connectivity index (χ1) is 14.1. The molecule has 0 saturated carbocycles. The van der Waals surface area contributed by atoms with E-state index in [2.05, 4.69) is 10.2 Å². The van der Waals surface area contributed by atoms with Gasteiger partial charge in [-0.1, -0.05) is 12.1 Å². The lowest BCUT2D eigenvalue weighted by molar-refractivity contribution is 0.102. The number of phenols is 1. The number of rotatable bonds is 5. The first-order valence-corrected chi connectivity index (χ1v) is 10.1. The highest BCUT2D eigenvalue weighted by molar-refractivity contribution is 7.14. The van der Waals surface area contributed by atoms with Crippen LogP contribution in [0.2, 0.25) is 0 Å². The third-order valence-electron chi connectivity index (χ3n) is 4.66. The number of aromatic nitrogens is 1. The van der Waals surface area contributed by atoms with Gasteiger partial charge in [-0.25, -0.2) is 4.98 Å². The molecule has 1 amide bonds. The number of nitrogens with zero attached hydrogens (tertiary/aromatic N) is 2. The normalized spacial score (nSPS) is 13.9. The summed E-state index contributed by atoms with van der Waals surface area (Å²) in [5.41, 5.74) is 2.66. The van der Waals surface area contributed by atoms with E-state index in [9.17, 15) is 9.90 Å². The summed E-state index contributed by atoms with van der Waals surface area (Å²) in [4.78, 5) is 19.4. The lowest BCUT2D eigenvalue weighted by atomic mass is 10.1. The Kier molecular flexibility index (Phi) is 5.64. The van der Waals surface area contributed by atoms with Crippen LogP contribution in [0.3, 0.4) is 0 Å². The molecule has 1 aliphatic heterocycles. The molecule has 150 valence electrons. The molecule has 1 aliphatic rings. The van der Waals surface area contributed by atoms with Crippen molar-refractivity contribution in [3.05, 3.63) is 53.4 Å². The smallest absolute Gasteiger partial charge is 0.259 e. The van der Waals surface area contributed by atoms with E-state index in [-0.39, 0.29) is 11.3 Å². The first kappa shape index (κ1) is 19.2. The van der Waals surface area contributed by atoms with Crippen molar-refractivity contribution in [2.75, 3.05) is 43.6 Å². The number of thiazole rings is 1. The van der Waals surface area contributed by atoms with Gasteiger partial charge in [0, 0.05) is 29.7 Å². The van der Waals surface area contributed by atoms with E-state index in [1.54, 1.807) is 17.4 Å². The Morgan fingerprint density at radius 1 is 1.21 bits per heavy atom. The van der Waals surface area contributed by atoms with Crippen molar-refractivity contribution in [3.8, 4) is 22.8 Å². The molecule has 2 N–H and O–H groups in total. The molecular formula is C21H21N3O4S. The van der Waals surface area contributed by atoms with Crippen LogP contribution in [0, 0.1) is 0 Å². The zero-order valence-electron chi connectivity index (χ0n) is 15.9. The van der Waals surface area contributed by atoms with Gasteiger partial charge in [-0.3, -0.25) is 4.79 Å². The molecule has 0 aliphatic carbocycles. The van der Waals surface area contributed by atoms with E-state index in [1.807, 2.05) is 29.6 Å². The van der Waals surface area contributed by atoms with E-state index in [1.165, 1.54) is 19.2 Å². The van der Waals surface area contributed by atoms with Crippen LogP contribution >= 0.6 is 11.3 Å². The Morgan fingerprint density at radius 3 is 2.69 bits per heavy atom. The molecule has 0 bridgehead atoms. The van der Waals surface area contributed by atoms with Crippen LogP contribution in [0.25, 0.3) is 11.3 Å². The fourth-order valence-corrected chi connectivity index (χ4v) is 3.93. The molecule has 0 atom stereocenters. The molecule has 0 unspecified atom stereocenters. The highest BCUT2D eigenvalue weighted by Gasteiger charge is 2.16. The monoisotopic (exact) mass is 411 g/mol. The van der Waals surface area contributed by atoms with Gasteiger partial charge in [-0.05, 0) is 30.3 Å². The van der Waals surface area contributed by atoms with Gasteiger partial charge in [0.25, 0.3) is 5.91 Å². The van der Waals surface area contributed by atoms with Crippen LogP contribution < -0.4 is 15.0 Å². The zero-order valence-corrected chi connectivity index (χ0v) is 16.7. The molecule has 7 nitrogen and oxygen atoms in total. The molecule has 0 radical (unpaired) electrons. The summed E-state index contributed by atoms with van der Waals surface area (Å²) in [6, 6.07) is 12.0. The third-order valence-corrected chi connectivity index (χ3v) is 5.56. The standard InChI is InChI=1S/C21H21N3O4S/c1-27-16-6-7-19(25)17(12-16)20(26)22-15-4-2-14(3-5-15)18-13-29-21(23-18)24-8-10-28-11-9-24/h2-7,12-13,25H,8-11H2,1H3,(H,22,26). The molecule has 3 aromatic rings. The second-order valence-corrected chi connectivity index (χ2v) is 7.37. The van der Waals surface area contributed by atoms with E-state index in [0.717, 1.165) is 42.7 Å². The Labute approximate surface area is 172 Å². The number of morpholine rings is 1. The average molecular weight is 411 g/mol. The molecule has 4 rings (SSSR count). The van der Waals surface area contributed by atoms with Gasteiger partial charge >= 0.3 is 0 Å². The van der Waals surface area contributed by atoms with Gasteiger partial charge in [-0.2, -0.15) is 0 Å². The Hall–Kier alpha value is -3.10. The molecule has 2 aromatic carbocycles. The second-order valence-electron chi connectivity index (χ2n) is 6.53. The largest absolute Gasteiger partial charge is 0.507 e. The molecule has 1 aromatic heterocycles. The van der Waals surface area contributed by atoms with Crippen LogP contribution in [-0.4, -0.2) is 49.4 Å². The number of aromatic hydroxyl groups is 1. The highest BCUT2D eigenvalue weighted by Crippen LogP contribution is 2.29. The maximum absolute atomic E-state index is 12.5. The maximum Gasteiger partial charge on any atom is 0.259 e. The van der Waals surface area contributed by atoms with Crippen LogP contribution in [-0.2, 0) is 4.74 Å². The Balaban J connectivity index is 1.46. The third kappa shape index (κ3) is 4.33. The lowest BCUT2D eigenvalue weighted by Gasteiger charge is -2.26. The van der Waals surface area contributed by atoms with E-state index < -0.39 is 5.91 Å². The summed E-state index contributed by atoms with van der Waals surface area (Å²) in [7, 11) is 1.51. The van der Waals surface area contributed by atoms with Gasteiger partial charge < -0.3 is 24.8 Å². The summed E-state index contributed by atoms with van der Waals surface area (Å²) in [6.07, 6.45) is 0. The van der Waals surface area contributed by atoms with Crippen molar-refractivity contribution in [1.29, 1.82) is 0 Å². The first-order valence-electron chi connectivity index (χ1n) is 9.21. The predicted octanol–water partition coefficient (Wildman–Crippen LogP) is 3.61. The van der Waals surface area contributed by atoms with Crippen LogP contribution in [0.15, 0.2) is 47.8 Å². The molecule has 2 heterocycles. The number of hydrogen-bond donors (Lipinski definition) is 2. The summed E-state index contributed by atoms with van der Waals surface area (Å²) >= 11 is 1.62. The predicted molar refractivity (Wildman–Crippen MR) is 113 cm³/mol. The van der Waals surface area contributed by atoms with Crippen LogP contribution in [0.1, 0.15) is 10.4 Å². The molecule has 8 heteroatoms. The molecule has 0 spiro atoms. The van der Waals surface area contributed by atoms with Gasteiger partial charge in [0.2, 0.25) is 0 Å². The number of carbonyl (C=O) groups excluding carboxylic acids is 1. The quantitative estimate of drug-likeness (QED) is 0.667. The van der Waals surface area contributed by atoms with Crippen molar-refractivity contribution in [1.82, 2.24) is 4.98 Å². The SMILES string of the molecule is COc1ccc(O)c(C(=O)Nc2ccc(-c3csc(N4CCOCC4)n3)cc2)c1. The van der Waals surface area contributed by atoms with Crippen LogP contribution in [0.4, 0.5) is 10.8 Å². The molecule has 1 fully saturated rings. The minimum atomic E-state index is -0.405. The van der Waals surface area contributed by atoms with E-state index >= 15 is 0 Å². The lowest BCUT2D eigenvalue weighted by Crippen LogP contribution is -2.36. The fraction of sp³-hybridized carbons (Fsp3) is 0.238. The highest BCUT2D eigenvalue weighted by atomic mass is 32.1. The number of nitrogens with one attached hydrogen (secondary N) is 1. The van der Waals surface area contributed by atoms with Crippen molar-refractivity contribution in [2.45, 2.75) is 0 Å². The minimum Gasteiger partial charge on any atom is -0.507 e. The average Bonchev–Trinajstić information content (AvgIpc) is 3.25. The summed E-state index contributed by atoms with van der Waals surface area (Å²) in [6.45, 7) is 3.17. The van der Waals surface area contributed by atoms with Gasteiger partial charge in [0.15, 0.2) is 5.13 Å². The second kappa shape index (κ2) is 8.50.